The Hall–Kier alpha value is -2.53. The Morgan fingerprint density at radius 3 is 2.17 bits per heavy atom. The fraction of sp³-hybridized carbons (Fsp3) is 0. The van der Waals surface area contributed by atoms with Crippen molar-refractivity contribution in [2.45, 2.75) is 0 Å². The highest BCUT2D eigenvalue weighted by molar-refractivity contribution is 6.05. The van der Waals surface area contributed by atoms with Crippen molar-refractivity contribution in [2.75, 3.05) is 5.01 Å². The van der Waals surface area contributed by atoms with Crippen LogP contribution < -0.4 is 16.0 Å². The lowest BCUT2D eigenvalue weighted by Gasteiger charge is -2.16. The second-order valence-electron chi connectivity index (χ2n) is 3.69. The maximum atomic E-state index is 12.0. The number of benzene rings is 2. The molecule has 0 aliphatic rings. The summed E-state index contributed by atoms with van der Waals surface area (Å²) in [4.78, 5) is 22.4. The van der Waals surface area contributed by atoms with Gasteiger partial charge in [0.2, 0.25) is 0 Å². The van der Waals surface area contributed by atoms with E-state index in [1.165, 1.54) is 0 Å². The van der Waals surface area contributed by atoms with Gasteiger partial charge in [0.15, 0.2) is 0 Å². The number of nitrogens with one attached hydrogen (secondary N) is 1. The first kappa shape index (κ1) is 11.9. The Morgan fingerprint density at radius 2 is 1.61 bits per heavy atom. The Balaban J connectivity index is 2.22. The zero-order chi connectivity index (χ0) is 13.0. The minimum Gasteiger partial charge on any atom is -0.267 e. The molecule has 0 aromatic heterocycles. The second-order valence-corrected chi connectivity index (χ2v) is 3.69. The van der Waals surface area contributed by atoms with Crippen molar-refractivity contribution in [3.63, 3.8) is 0 Å². The third kappa shape index (κ3) is 2.41. The van der Waals surface area contributed by atoms with E-state index in [0.29, 0.717) is 16.9 Å². The summed E-state index contributed by atoms with van der Waals surface area (Å²) in [6, 6.07) is 15.1. The van der Waals surface area contributed by atoms with Gasteiger partial charge < -0.3 is 0 Å². The molecule has 0 saturated carbocycles. The van der Waals surface area contributed by atoms with Gasteiger partial charge in [-0.1, -0.05) is 18.2 Å². The maximum Gasteiger partial charge on any atom is 0.272 e. The van der Waals surface area contributed by atoms with E-state index in [2.05, 4.69) is 0 Å². The van der Waals surface area contributed by atoms with Crippen molar-refractivity contribution in [1.82, 2.24) is 0 Å². The van der Waals surface area contributed by atoms with E-state index in [0.717, 1.165) is 5.01 Å². The van der Waals surface area contributed by atoms with Crippen LogP contribution in [0.25, 0.3) is 0 Å². The highest BCUT2D eigenvalue weighted by Crippen LogP contribution is 2.15. The Bertz CT molecular complexity index is 552. The van der Waals surface area contributed by atoms with Gasteiger partial charge in [-0.3, -0.25) is 4.79 Å². The fourth-order valence-electron chi connectivity index (χ4n) is 1.53. The minimum absolute atomic E-state index is 0.307. The van der Waals surface area contributed by atoms with Gasteiger partial charge in [0, 0.05) is 27.8 Å². The van der Waals surface area contributed by atoms with Crippen molar-refractivity contribution < 1.29 is 9.97 Å². The number of anilines is 1. The number of amides is 1. The molecule has 90 valence electrons. The molecule has 18 heavy (non-hydrogen) atoms. The number of hydrazine groups is 1. The number of hydrogen-bond donors (Lipinski definition) is 2. The highest BCUT2D eigenvalue weighted by Gasteiger charge is 2.14. The Labute approximate surface area is 104 Å². The van der Waals surface area contributed by atoms with Crippen LogP contribution in [0.1, 0.15) is 10.4 Å². The molecule has 0 atom stereocenters. The molecule has 5 heteroatoms. The van der Waals surface area contributed by atoms with Crippen LogP contribution in [0.4, 0.5) is 11.4 Å². The molecule has 0 spiro atoms. The van der Waals surface area contributed by atoms with Crippen LogP contribution in [-0.2, 0) is 0 Å². The van der Waals surface area contributed by atoms with Gasteiger partial charge in [0.1, 0.15) is 0 Å². The average molecular weight is 242 g/mol. The Morgan fingerprint density at radius 1 is 1.00 bits per heavy atom. The molecule has 5 nitrogen and oxygen atoms in total. The first-order chi connectivity index (χ1) is 8.72. The van der Waals surface area contributed by atoms with Gasteiger partial charge in [-0.25, -0.2) is 10.9 Å². The van der Waals surface area contributed by atoms with Crippen LogP contribution in [0.3, 0.4) is 0 Å². The van der Waals surface area contributed by atoms with E-state index < -0.39 is 0 Å². The number of nitrogens with zero attached hydrogens (tertiary/aromatic N) is 1. The van der Waals surface area contributed by atoms with Crippen LogP contribution >= 0.6 is 0 Å². The van der Waals surface area contributed by atoms with E-state index >= 15 is 0 Å². The maximum absolute atomic E-state index is 12.0. The molecule has 0 aliphatic carbocycles. The zero-order valence-corrected chi connectivity index (χ0v) is 9.54. The van der Waals surface area contributed by atoms with Gasteiger partial charge in [-0.15, -0.1) is 0 Å². The van der Waals surface area contributed by atoms with Crippen molar-refractivity contribution in [2.24, 2.45) is 5.84 Å². The third-order valence-electron chi connectivity index (χ3n) is 2.50. The summed E-state index contributed by atoms with van der Waals surface area (Å²) in [5.74, 6) is 5.44. The van der Waals surface area contributed by atoms with E-state index in [-0.39, 0.29) is 5.91 Å². The van der Waals surface area contributed by atoms with E-state index in [1.54, 1.807) is 53.7 Å². The first-order valence-electron chi connectivity index (χ1n) is 5.35. The summed E-state index contributed by atoms with van der Waals surface area (Å²) in [6.07, 6.45) is 0. The molecule has 0 fully saturated rings. The molecule has 2 rings (SSSR count). The molecule has 0 aliphatic heterocycles. The molecule has 0 heterocycles. The summed E-state index contributed by atoms with van der Waals surface area (Å²) >= 11 is 0. The first-order valence-corrected chi connectivity index (χ1v) is 5.35. The molecule has 0 bridgehead atoms. The van der Waals surface area contributed by atoms with Crippen LogP contribution in [-0.4, -0.2) is 5.91 Å². The smallest absolute Gasteiger partial charge is 0.267 e. The quantitative estimate of drug-likeness (QED) is 0.472. The van der Waals surface area contributed by atoms with Crippen LogP contribution in [0.2, 0.25) is 0 Å². The van der Waals surface area contributed by atoms with Crippen molar-refractivity contribution in [1.29, 1.82) is 0 Å². The normalized spacial score (nSPS) is 9.83. The number of carbonyl (C=O) groups is 1. The fourth-order valence-corrected chi connectivity index (χ4v) is 1.53. The van der Waals surface area contributed by atoms with E-state index in [1.807, 2.05) is 6.07 Å². The van der Waals surface area contributed by atoms with Crippen molar-refractivity contribution in [3.8, 4) is 0 Å². The van der Waals surface area contributed by atoms with Crippen molar-refractivity contribution >= 4 is 17.3 Å². The summed E-state index contributed by atoms with van der Waals surface area (Å²) in [5.41, 5.74) is 1.44. The molecule has 1 amide bonds. The highest BCUT2D eigenvalue weighted by atomic mass is 16.3. The lowest BCUT2D eigenvalue weighted by atomic mass is 10.2. The van der Waals surface area contributed by atoms with Crippen molar-refractivity contribution in [3.05, 3.63) is 65.1 Å². The van der Waals surface area contributed by atoms with Gasteiger partial charge in [-0.05, 0) is 24.3 Å². The van der Waals surface area contributed by atoms with E-state index in [4.69, 9.17) is 5.84 Å². The van der Waals surface area contributed by atoms with Gasteiger partial charge in [-0.2, -0.15) is 0 Å². The SMILES string of the molecule is NN(C(=O)c1ccccc1)c1ccc([NH+]=O)cc1. The summed E-state index contributed by atoms with van der Waals surface area (Å²) in [6.45, 7) is 0. The van der Waals surface area contributed by atoms with Crippen LogP contribution in [0.5, 0.6) is 0 Å². The molecule has 0 radical (unpaired) electrons. The molecular weight excluding hydrogens is 230 g/mol. The number of nitroso groups, excluding NO2 is 1. The molecule has 2 aromatic carbocycles. The number of carbonyl (C=O) groups excluding carboxylic acids is 1. The molecule has 0 saturated heterocycles. The summed E-state index contributed by atoms with van der Waals surface area (Å²) < 4.78 is 0. The zero-order valence-electron chi connectivity index (χ0n) is 9.54. The third-order valence-corrected chi connectivity index (χ3v) is 2.50. The van der Waals surface area contributed by atoms with Crippen LogP contribution in [0.15, 0.2) is 54.6 Å². The Kier molecular flexibility index (Phi) is 3.45. The average Bonchev–Trinajstić information content (AvgIpc) is 2.47. The monoisotopic (exact) mass is 242 g/mol. The largest absolute Gasteiger partial charge is 0.272 e. The number of hydrogen-bond acceptors (Lipinski definition) is 3. The predicted octanol–water partition coefficient (Wildman–Crippen LogP) is 0.686. The lowest BCUT2D eigenvalue weighted by molar-refractivity contribution is -0.379. The lowest BCUT2D eigenvalue weighted by Crippen LogP contribution is -2.55. The topological polar surface area (TPSA) is 77.4 Å². The predicted molar refractivity (Wildman–Crippen MR) is 67.9 cm³/mol. The van der Waals surface area contributed by atoms with Gasteiger partial charge in [0.25, 0.3) is 11.6 Å². The molecule has 2 aromatic rings. The van der Waals surface area contributed by atoms with Crippen LogP contribution in [0, 0.1) is 4.91 Å². The van der Waals surface area contributed by atoms with Gasteiger partial charge >= 0.3 is 0 Å². The number of rotatable bonds is 3. The molecular formula is C13H12N3O2+. The van der Waals surface area contributed by atoms with E-state index in [9.17, 15) is 9.70 Å². The second kappa shape index (κ2) is 5.20. The molecule has 0 unspecified atom stereocenters. The molecule has 3 N–H and O–H groups in total. The summed E-state index contributed by atoms with van der Waals surface area (Å²) in [5, 5.41) is 2.81. The summed E-state index contributed by atoms with van der Waals surface area (Å²) in [7, 11) is 0. The van der Waals surface area contributed by atoms with Gasteiger partial charge in [0.05, 0.1) is 5.69 Å². The number of nitrogens with two attached hydrogens (primary N) is 1. The minimum atomic E-state index is -0.307. The standard InChI is InChI=1S/C13H11N3O2/c14-16(12-8-6-11(15-18)7-9-12)13(17)10-4-2-1-3-5-10/h1-9H,14H2/p+1.